The first-order chi connectivity index (χ1) is 17.3. The van der Waals surface area contributed by atoms with E-state index in [1.807, 2.05) is 6.92 Å². The van der Waals surface area contributed by atoms with Crippen LogP contribution in [-0.4, -0.2) is 47.8 Å². The summed E-state index contributed by atoms with van der Waals surface area (Å²) in [7, 11) is 0. The van der Waals surface area contributed by atoms with Crippen LogP contribution in [0.15, 0.2) is 36.0 Å². The number of allylic oxidation sites excluding steroid dienone is 4. The van der Waals surface area contributed by atoms with Crippen LogP contribution >= 0.6 is 0 Å². The van der Waals surface area contributed by atoms with E-state index in [0.29, 0.717) is 31.3 Å². The van der Waals surface area contributed by atoms with Gasteiger partial charge in [0.15, 0.2) is 0 Å². The molecule has 0 unspecified atom stereocenters. The predicted molar refractivity (Wildman–Crippen MR) is 137 cm³/mol. The number of hydrogen-bond donors (Lipinski definition) is 1. The highest BCUT2D eigenvalue weighted by atomic mass is 16.8. The summed E-state index contributed by atoms with van der Waals surface area (Å²) >= 11 is 0. The Morgan fingerprint density at radius 3 is 2.27 bits per heavy atom. The zero-order valence-corrected chi connectivity index (χ0v) is 23.1. The molecule has 1 saturated heterocycles. The molecule has 3 aliphatic rings. The molecule has 1 spiro atoms. The molecule has 1 heterocycles. The van der Waals surface area contributed by atoms with Crippen LogP contribution in [0.2, 0.25) is 0 Å². The first-order valence-corrected chi connectivity index (χ1v) is 13.1. The molecule has 37 heavy (non-hydrogen) atoms. The number of aliphatic hydroxyl groups excluding tert-OH is 1. The summed E-state index contributed by atoms with van der Waals surface area (Å²) in [6, 6.07) is 0. The normalized spacial score (nSPS) is 39.7. The van der Waals surface area contributed by atoms with Crippen LogP contribution < -0.4 is 0 Å². The van der Waals surface area contributed by atoms with Gasteiger partial charge in [-0.1, -0.05) is 44.2 Å². The molecule has 206 valence electrons. The Balaban J connectivity index is 2.18. The molecule has 0 aromatic rings. The minimum atomic E-state index is -1.11. The molecular formula is C29H42O8. The fraction of sp³-hybridized carbons (Fsp3) is 0.690. The number of aliphatic hydroxyl groups is 1. The lowest BCUT2D eigenvalue weighted by molar-refractivity contribution is -0.263. The van der Waals surface area contributed by atoms with E-state index in [1.165, 1.54) is 13.8 Å². The molecule has 0 aromatic heterocycles. The highest BCUT2D eigenvalue weighted by molar-refractivity contribution is 5.87. The van der Waals surface area contributed by atoms with E-state index >= 15 is 0 Å². The van der Waals surface area contributed by atoms with Crippen molar-refractivity contribution in [3.63, 3.8) is 0 Å². The summed E-state index contributed by atoms with van der Waals surface area (Å²) in [4.78, 5) is 37.0. The first kappa shape index (κ1) is 29.1. The highest BCUT2D eigenvalue weighted by Gasteiger charge is 2.73. The maximum Gasteiger partial charge on any atom is 0.333 e. The fourth-order valence-electron chi connectivity index (χ4n) is 6.78. The van der Waals surface area contributed by atoms with E-state index < -0.39 is 54.0 Å². The van der Waals surface area contributed by atoms with Crippen molar-refractivity contribution in [3.05, 3.63) is 36.0 Å². The zero-order chi connectivity index (χ0) is 27.7. The topological polar surface area (TPSA) is 108 Å². The minimum absolute atomic E-state index is 0.0881. The third-order valence-corrected chi connectivity index (χ3v) is 9.10. The van der Waals surface area contributed by atoms with Gasteiger partial charge in [-0.3, -0.25) is 9.59 Å². The molecule has 2 saturated carbocycles. The Hall–Kier alpha value is -2.45. The van der Waals surface area contributed by atoms with E-state index in [-0.39, 0.29) is 17.3 Å². The van der Waals surface area contributed by atoms with Crippen LogP contribution in [0.3, 0.4) is 0 Å². The van der Waals surface area contributed by atoms with Gasteiger partial charge in [0.1, 0.15) is 6.10 Å². The molecule has 0 bridgehead atoms. The van der Waals surface area contributed by atoms with E-state index in [4.69, 9.17) is 18.9 Å². The van der Waals surface area contributed by atoms with Gasteiger partial charge < -0.3 is 24.1 Å². The number of ether oxygens (including phenoxy) is 4. The molecular weight excluding hydrogens is 476 g/mol. The molecule has 9 atom stereocenters. The Labute approximate surface area is 220 Å². The maximum absolute atomic E-state index is 12.8. The average molecular weight is 519 g/mol. The highest BCUT2D eigenvalue weighted by Crippen LogP contribution is 2.68. The average Bonchev–Trinajstić information content (AvgIpc) is 3.12. The minimum Gasteiger partial charge on any atom is -0.459 e. The SMILES string of the molecule is C=C/C(C)=C/C[C@]1(C)[C@H]2C[C@@H](OC(=O)/C(C)=C/C)C[C@@H]3[C@H](OC(C)=O)O[C@H](OC(C)=O)[C@]32[C@H](O)C[C@@H]1C. The lowest BCUT2D eigenvalue weighted by Crippen LogP contribution is -2.66. The lowest BCUT2D eigenvalue weighted by Gasteiger charge is -2.62. The predicted octanol–water partition coefficient (Wildman–Crippen LogP) is 4.62. The molecule has 3 fully saturated rings. The standard InChI is InChI=1S/C29H42O8/c1-9-16(3)11-12-28(8)18(5)13-24(32)29-22(26(34-19(6)30)37-27(29)35-20(7)31)14-21(15-23(28)29)36-25(33)17(4)10-2/h9-11,18,21-24,26-27,32H,1,12-15H2,2-8H3/b16-11+,17-10+/t18-,21-,22+,23+,24+,26+,27-,28-,29+/m0/s1. The van der Waals surface area contributed by atoms with Crippen molar-refractivity contribution >= 4 is 17.9 Å². The Morgan fingerprint density at radius 2 is 1.70 bits per heavy atom. The Kier molecular flexibility index (Phi) is 8.75. The number of carbonyl (C=O) groups excluding carboxylic acids is 3. The molecule has 2 aliphatic carbocycles. The molecule has 1 aliphatic heterocycles. The largest absolute Gasteiger partial charge is 0.459 e. The third kappa shape index (κ3) is 5.28. The number of rotatable bonds is 7. The van der Waals surface area contributed by atoms with Gasteiger partial charge in [0.2, 0.25) is 12.6 Å². The van der Waals surface area contributed by atoms with E-state index in [2.05, 4.69) is 26.5 Å². The number of carbonyl (C=O) groups is 3. The van der Waals surface area contributed by atoms with Gasteiger partial charge in [0.25, 0.3) is 0 Å². The van der Waals surface area contributed by atoms with Crippen molar-refractivity contribution in [2.45, 2.75) is 98.9 Å². The molecule has 0 aromatic carbocycles. The lowest BCUT2D eigenvalue weighted by atomic mass is 9.43. The summed E-state index contributed by atoms with van der Waals surface area (Å²) in [6.45, 7) is 16.2. The molecule has 0 amide bonds. The number of esters is 3. The monoisotopic (exact) mass is 518 g/mol. The molecule has 8 heteroatoms. The van der Waals surface area contributed by atoms with Crippen molar-refractivity contribution in [3.8, 4) is 0 Å². The molecule has 1 N–H and O–H groups in total. The summed E-state index contributed by atoms with van der Waals surface area (Å²) < 4.78 is 23.4. The van der Waals surface area contributed by atoms with Crippen LogP contribution in [0, 0.1) is 28.6 Å². The van der Waals surface area contributed by atoms with Crippen LogP contribution in [0.1, 0.15) is 74.1 Å². The molecule has 0 radical (unpaired) electrons. The van der Waals surface area contributed by atoms with Crippen LogP contribution in [-0.2, 0) is 33.3 Å². The summed E-state index contributed by atoms with van der Waals surface area (Å²) in [5.41, 5.74) is 0.111. The van der Waals surface area contributed by atoms with Gasteiger partial charge in [0, 0.05) is 25.3 Å². The van der Waals surface area contributed by atoms with Crippen molar-refractivity contribution in [2.24, 2.45) is 28.6 Å². The van der Waals surface area contributed by atoms with Gasteiger partial charge in [-0.05, 0) is 63.7 Å². The second-order valence-electron chi connectivity index (χ2n) is 11.2. The van der Waals surface area contributed by atoms with Gasteiger partial charge in [-0.15, -0.1) is 0 Å². The van der Waals surface area contributed by atoms with Crippen molar-refractivity contribution in [1.29, 1.82) is 0 Å². The van der Waals surface area contributed by atoms with E-state index in [0.717, 1.165) is 5.57 Å². The van der Waals surface area contributed by atoms with Crippen LogP contribution in [0.5, 0.6) is 0 Å². The van der Waals surface area contributed by atoms with Gasteiger partial charge in [-0.2, -0.15) is 0 Å². The zero-order valence-electron chi connectivity index (χ0n) is 23.1. The number of hydrogen-bond acceptors (Lipinski definition) is 8. The Bertz CT molecular complexity index is 982. The smallest absolute Gasteiger partial charge is 0.333 e. The van der Waals surface area contributed by atoms with Crippen LogP contribution in [0.4, 0.5) is 0 Å². The summed E-state index contributed by atoms with van der Waals surface area (Å²) in [6.07, 6.45) is 3.99. The summed E-state index contributed by atoms with van der Waals surface area (Å²) in [5, 5.41) is 11.8. The van der Waals surface area contributed by atoms with Crippen molar-refractivity contribution in [2.75, 3.05) is 0 Å². The Morgan fingerprint density at radius 1 is 1.05 bits per heavy atom. The first-order valence-electron chi connectivity index (χ1n) is 13.1. The third-order valence-electron chi connectivity index (χ3n) is 9.10. The van der Waals surface area contributed by atoms with Crippen molar-refractivity contribution < 1.29 is 38.4 Å². The van der Waals surface area contributed by atoms with Crippen molar-refractivity contribution in [1.82, 2.24) is 0 Å². The van der Waals surface area contributed by atoms with Crippen LogP contribution in [0.25, 0.3) is 0 Å². The van der Waals surface area contributed by atoms with E-state index in [9.17, 15) is 19.5 Å². The second-order valence-corrected chi connectivity index (χ2v) is 11.2. The fourth-order valence-corrected chi connectivity index (χ4v) is 6.78. The van der Waals surface area contributed by atoms with Gasteiger partial charge >= 0.3 is 17.9 Å². The molecule has 8 nitrogen and oxygen atoms in total. The van der Waals surface area contributed by atoms with Gasteiger partial charge in [-0.25, -0.2) is 4.79 Å². The second kappa shape index (κ2) is 11.1. The maximum atomic E-state index is 12.8. The van der Waals surface area contributed by atoms with Gasteiger partial charge in [0.05, 0.1) is 11.5 Å². The molecule has 3 rings (SSSR count). The quantitative estimate of drug-likeness (QED) is 0.225. The van der Waals surface area contributed by atoms with E-state index in [1.54, 1.807) is 26.0 Å². The summed E-state index contributed by atoms with van der Waals surface area (Å²) in [5.74, 6) is -2.24.